The first-order valence-corrected chi connectivity index (χ1v) is 7.42. The van der Waals surface area contributed by atoms with Crippen molar-refractivity contribution in [3.05, 3.63) is 47.5 Å². The van der Waals surface area contributed by atoms with Gasteiger partial charge >= 0.3 is 0 Å². The van der Waals surface area contributed by atoms with E-state index >= 15 is 0 Å². The van der Waals surface area contributed by atoms with E-state index in [-0.39, 0.29) is 0 Å². The van der Waals surface area contributed by atoms with Gasteiger partial charge in [-0.2, -0.15) is 5.10 Å². The number of aryl methyl sites for hydroxylation is 1. The summed E-state index contributed by atoms with van der Waals surface area (Å²) in [5.41, 5.74) is 3.00. The highest BCUT2D eigenvalue weighted by Crippen LogP contribution is 2.34. The highest BCUT2D eigenvalue weighted by atomic mass is 35.5. The zero-order valence-electron chi connectivity index (χ0n) is 12.1. The average Bonchev–Trinajstić information content (AvgIpc) is 2.86. The zero-order valence-corrected chi connectivity index (χ0v) is 12.9. The number of fused-ring (bicyclic) bond motifs is 1. The number of hydrogen-bond donors (Lipinski definition) is 0. The lowest BCUT2D eigenvalue weighted by Crippen LogP contribution is -1.98. The fraction of sp³-hybridized carbons (Fsp3) is 0.235. The fourth-order valence-corrected chi connectivity index (χ4v) is 2.78. The maximum absolute atomic E-state index is 6.40. The van der Waals surface area contributed by atoms with Crippen molar-refractivity contribution in [2.75, 3.05) is 7.11 Å². The Bertz CT molecular complexity index is 780. The largest absolute Gasteiger partial charge is 0.497 e. The van der Waals surface area contributed by atoms with Crippen molar-refractivity contribution in [2.24, 2.45) is 0 Å². The zero-order chi connectivity index (χ0) is 14.8. The summed E-state index contributed by atoms with van der Waals surface area (Å²) in [6, 6.07) is 14.0. The summed E-state index contributed by atoms with van der Waals surface area (Å²) < 4.78 is 7.25. The van der Waals surface area contributed by atoms with E-state index in [0.717, 1.165) is 40.9 Å². The number of aromatic nitrogens is 2. The highest BCUT2D eigenvalue weighted by Gasteiger charge is 2.14. The first-order valence-electron chi connectivity index (χ1n) is 7.04. The van der Waals surface area contributed by atoms with Crippen LogP contribution in [-0.2, 0) is 6.54 Å². The average molecular weight is 301 g/mol. The minimum absolute atomic E-state index is 0.654. The molecule has 2 aromatic carbocycles. The van der Waals surface area contributed by atoms with Gasteiger partial charge in [0.2, 0.25) is 0 Å². The van der Waals surface area contributed by atoms with Gasteiger partial charge < -0.3 is 4.74 Å². The minimum Gasteiger partial charge on any atom is -0.497 e. The molecule has 108 valence electrons. The molecule has 3 nitrogen and oxygen atoms in total. The van der Waals surface area contributed by atoms with Crippen LogP contribution in [0.3, 0.4) is 0 Å². The third-order valence-corrected chi connectivity index (χ3v) is 3.84. The quantitative estimate of drug-likeness (QED) is 0.693. The molecular weight excluding hydrogens is 284 g/mol. The van der Waals surface area contributed by atoms with Gasteiger partial charge in [0.15, 0.2) is 0 Å². The summed E-state index contributed by atoms with van der Waals surface area (Å²) in [6.45, 7) is 3.05. The lowest BCUT2D eigenvalue weighted by Gasteiger charge is -2.04. The van der Waals surface area contributed by atoms with Crippen LogP contribution in [0, 0.1) is 0 Å². The summed E-state index contributed by atoms with van der Waals surface area (Å²) in [6.07, 6.45) is 1.04. The van der Waals surface area contributed by atoms with Gasteiger partial charge in [-0.1, -0.05) is 36.7 Å². The second-order valence-electron chi connectivity index (χ2n) is 4.93. The standard InChI is InChI=1S/C17H17ClN2O/c1-3-10-20-16-7-5-4-6-14(16)17(19-20)13-9-8-12(21-2)11-15(13)18/h4-9,11H,3,10H2,1-2H3. The summed E-state index contributed by atoms with van der Waals surface area (Å²) in [5, 5.41) is 6.53. The molecule has 0 saturated heterocycles. The van der Waals surface area contributed by atoms with Gasteiger partial charge in [0.1, 0.15) is 11.4 Å². The minimum atomic E-state index is 0.654. The monoisotopic (exact) mass is 300 g/mol. The van der Waals surface area contributed by atoms with Gasteiger partial charge in [-0.25, -0.2) is 0 Å². The number of methoxy groups -OCH3 is 1. The van der Waals surface area contributed by atoms with E-state index in [4.69, 9.17) is 21.4 Å². The van der Waals surface area contributed by atoms with E-state index in [0.29, 0.717) is 5.02 Å². The summed E-state index contributed by atoms with van der Waals surface area (Å²) in [4.78, 5) is 0. The number of para-hydroxylation sites is 1. The van der Waals surface area contributed by atoms with E-state index in [1.165, 1.54) is 0 Å². The van der Waals surface area contributed by atoms with Crippen molar-refractivity contribution < 1.29 is 4.74 Å². The van der Waals surface area contributed by atoms with Gasteiger partial charge in [-0.3, -0.25) is 4.68 Å². The van der Waals surface area contributed by atoms with Crippen LogP contribution in [0.4, 0.5) is 0 Å². The number of rotatable bonds is 4. The summed E-state index contributed by atoms with van der Waals surface area (Å²) >= 11 is 6.40. The normalized spacial score (nSPS) is 11.0. The van der Waals surface area contributed by atoms with Crippen LogP contribution in [0.2, 0.25) is 5.02 Å². The summed E-state index contributed by atoms with van der Waals surface area (Å²) in [7, 11) is 1.64. The van der Waals surface area contributed by atoms with Crippen LogP contribution in [-0.4, -0.2) is 16.9 Å². The molecule has 0 unspecified atom stereocenters. The van der Waals surface area contributed by atoms with Crippen LogP contribution in [0.5, 0.6) is 5.75 Å². The molecule has 4 heteroatoms. The van der Waals surface area contributed by atoms with Crippen molar-refractivity contribution in [3.8, 4) is 17.0 Å². The van der Waals surface area contributed by atoms with Gasteiger partial charge in [-0.15, -0.1) is 0 Å². The lowest BCUT2D eigenvalue weighted by atomic mass is 10.1. The first kappa shape index (κ1) is 14.0. The Hall–Kier alpha value is -2.00. The summed E-state index contributed by atoms with van der Waals surface area (Å²) in [5.74, 6) is 0.751. The molecule has 21 heavy (non-hydrogen) atoms. The maximum Gasteiger partial charge on any atom is 0.120 e. The van der Waals surface area contributed by atoms with Crippen LogP contribution >= 0.6 is 11.6 Å². The van der Waals surface area contributed by atoms with E-state index in [2.05, 4.69) is 19.1 Å². The van der Waals surface area contributed by atoms with Crippen LogP contribution in [0.25, 0.3) is 22.2 Å². The number of benzene rings is 2. The van der Waals surface area contributed by atoms with Crippen molar-refractivity contribution in [1.29, 1.82) is 0 Å². The third kappa shape index (κ3) is 2.49. The molecule has 0 amide bonds. The first-order chi connectivity index (χ1) is 10.2. The van der Waals surface area contributed by atoms with Crippen molar-refractivity contribution in [1.82, 2.24) is 9.78 Å². The Balaban J connectivity index is 2.20. The molecule has 0 spiro atoms. The van der Waals surface area contributed by atoms with Crippen LogP contribution in [0.1, 0.15) is 13.3 Å². The van der Waals surface area contributed by atoms with Crippen molar-refractivity contribution in [3.63, 3.8) is 0 Å². The molecule has 3 aromatic rings. The topological polar surface area (TPSA) is 27.1 Å². The number of ether oxygens (including phenoxy) is 1. The highest BCUT2D eigenvalue weighted by molar-refractivity contribution is 6.33. The predicted octanol–water partition coefficient (Wildman–Crippen LogP) is 4.78. The van der Waals surface area contributed by atoms with Gasteiger partial charge in [0, 0.05) is 17.5 Å². The fourth-order valence-electron chi connectivity index (χ4n) is 2.52. The molecular formula is C17H17ClN2O. The predicted molar refractivity (Wildman–Crippen MR) is 87.0 cm³/mol. The third-order valence-electron chi connectivity index (χ3n) is 3.52. The Morgan fingerprint density at radius 2 is 2.00 bits per heavy atom. The van der Waals surface area contributed by atoms with Crippen LogP contribution < -0.4 is 4.74 Å². The van der Waals surface area contributed by atoms with Gasteiger partial charge in [0.25, 0.3) is 0 Å². The van der Waals surface area contributed by atoms with Crippen molar-refractivity contribution in [2.45, 2.75) is 19.9 Å². The Kier molecular flexibility index (Phi) is 3.84. The molecule has 0 N–H and O–H groups in total. The molecule has 1 aromatic heterocycles. The van der Waals surface area contributed by atoms with E-state index in [9.17, 15) is 0 Å². The number of nitrogens with zero attached hydrogens (tertiary/aromatic N) is 2. The number of halogens is 1. The molecule has 0 saturated carbocycles. The van der Waals surface area contributed by atoms with Gasteiger partial charge in [-0.05, 0) is 30.7 Å². The Morgan fingerprint density at radius 1 is 1.19 bits per heavy atom. The van der Waals surface area contributed by atoms with Crippen LogP contribution in [0.15, 0.2) is 42.5 Å². The molecule has 0 radical (unpaired) electrons. The molecule has 0 aliphatic rings. The van der Waals surface area contributed by atoms with E-state index < -0.39 is 0 Å². The van der Waals surface area contributed by atoms with Gasteiger partial charge in [0.05, 0.1) is 17.6 Å². The second kappa shape index (κ2) is 5.78. The molecule has 0 fully saturated rings. The lowest BCUT2D eigenvalue weighted by molar-refractivity contribution is 0.415. The van der Waals surface area contributed by atoms with E-state index in [1.807, 2.05) is 35.0 Å². The smallest absolute Gasteiger partial charge is 0.120 e. The van der Waals surface area contributed by atoms with Crippen molar-refractivity contribution >= 4 is 22.5 Å². The second-order valence-corrected chi connectivity index (χ2v) is 5.34. The molecule has 1 heterocycles. The maximum atomic E-state index is 6.40. The van der Waals surface area contributed by atoms with E-state index in [1.54, 1.807) is 7.11 Å². The molecule has 0 aliphatic heterocycles. The molecule has 0 aliphatic carbocycles. The molecule has 0 atom stereocenters. The molecule has 0 bridgehead atoms. The SMILES string of the molecule is CCCn1nc(-c2ccc(OC)cc2Cl)c2ccccc21. The molecule has 3 rings (SSSR count). The Labute approximate surface area is 129 Å². The Morgan fingerprint density at radius 3 is 2.71 bits per heavy atom. The number of hydrogen-bond acceptors (Lipinski definition) is 2.